The van der Waals surface area contributed by atoms with Crippen LogP contribution < -0.4 is 0 Å². The lowest BCUT2D eigenvalue weighted by atomic mass is 10.0. The van der Waals surface area contributed by atoms with Crippen molar-refractivity contribution < 1.29 is 0 Å². The zero-order valence-electron chi connectivity index (χ0n) is 25.5. The molecule has 0 amide bonds. The topological polar surface area (TPSA) is 9.86 Å². The third-order valence-corrected chi connectivity index (χ3v) is 10.7. The predicted octanol–water partition coefficient (Wildman–Crippen LogP) is 12.4. The van der Waals surface area contributed by atoms with Crippen molar-refractivity contribution in [3.63, 3.8) is 0 Å². The van der Waals surface area contributed by atoms with E-state index in [1.54, 1.807) is 0 Å². The maximum Gasteiger partial charge on any atom is 0.0727 e. The zero-order chi connectivity index (χ0) is 30.9. The van der Waals surface area contributed by atoms with Gasteiger partial charge in [-0.05, 0) is 76.9 Å². The van der Waals surface area contributed by atoms with Crippen LogP contribution in [0.5, 0.6) is 0 Å². The Bertz CT molecular complexity index is 2750. The molecule has 0 N–H and O–H groups in total. The molecular weight excluding hydrogens is 589 g/mol. The third kappa shape index (κ3) is 4.04. The number of hydrogen-bond acceptors (Lipinski definition) is 1. The fourth-order valence-corrected chi connectivity index (χ4v) is 8.57. The number of para-hydroxylation sites is 2. The summed E-state index contributed by atoms with van der Waals surface area (Å²) in [5.41, 5.74) is 12.2. The van der Waals surface area contributed by atoms with Crippen molar-refractivity contribution >= 4 is 64.3 Å². The summed E-state index contributed by atoms with van der Waals surface area (Å²) < 4.78 is 7.50. The first-order chi connectivity index (χ1) is 23.3. The molecule has 3 aromatic heterocycles. The van der Waals surface area contributed by atoms with E-state index < -0.39 is 0 Å². The van der Waals surface area contributed by atoms with Crippen molar-refractivity contribution in [1.29, 1.82) is 0 Å². The number of aromatic nitrogens is 2. The van der Waals surface area contributed by atoms with Crippen molar-refractivity contribution in [1.82, 2.24) is 9.13 Å². The Morgan fingerprint density at radius 1 is 0.340 bits per heavy atom. The van der Waals surface area contributed by atoms with Gasteiger partial charge in [0, 0.05) is 37.6 Å². The van der Waals surface area contributed by atoms with Gasteiger partial charge in [-0.15, -0.1) is 11.3 Å². The van der Waals surface area contributed by atoms with E-state index in [0.717, 1.165) is 0 Å². The standard InChI is InChI=1S/C44H28N2S/c1-2-10-29(11-3-1)30-18-23-33(24-19-30)45-39-15-7-4-12-35(39)38-28-32(22-27-41(38)45)31-20-25-34(26-21-31)46-40-16-8-5-13-36(40)44-43(46)37-14-6-9-17-42(37)47-44/h1-28H. The van der Waals surface area contributed by atoms with Crippen LogP contribution in [0.4, 0.5) is 0 Å². The van der Waals surface area contributed by atoms with Crippen LogP contribution in [0.25, 0.3) is 86.6 Å². The second kappa shape index (κ2) is 10.3. The summed E-state index contributed by atoms with van der Waals surface area (Å²) in [6.07, 6.45) is 0. The van der Waals surface area contributed by atoms with E-state index in [4.69, 9.17) is 0 Å². The van der Waals surface area contributed by atoms with E-state index in [9.17, 15) is 0 Å². The Labute approximate surface area is 276 Å². The third-order valence-electron chi connectivity index (χ3n) is 9.55. The fraction of sp³-hybridized carbons (Fsp3) is 0. The van der Waals surface area contributed by atoms with E-state index in [1.807, 2.05) is 11.3 Å². The molecular formula is C44H28N2S. The lowest BCUT2D eigenvalue weighted by Gasteiger charge is -2.11. The first-order valence-electron chi connectivity index (χ1n) is 16.0. The number of rotatable bonds is 4. The fourth-order valence-electron chi connectivity index (χ4n) is 7.35. The van der Waals surface area contributed by atoms with E-state index in [-0.39, 0.29) is 0 Å². The second-order valence-electron chi connectivity index (χ2n) is 12.2. The monoisotopic (exact) mass is 616 g/mol. The molecule has 3 heteroatoms. The summed E-state index contributed by atoms with van der Waals surface area (Å²) in [7, 11) is 0. The van der Waals surface area contributed by atoms with Crippen LogP contribution in [0.2, 0.25) is 0 Å². The molecule has 0 unspecified atom stereocenters. The Hall–Kier alpha value is -5.90. The Morgan fingerprint density at radius 2 is 0.851 bits per heavy atom. The average molecular weight is 617 g/mol. The normalized spacial score (nSPS) is 11.8. The van der Waals surface area contributed by atoms with Gasteiger partial charge in [0.15, 0.2) is 0 Å². The minimum Gasteiger partial charge on any atom is -0.309 e. The van der Waals surface area contributed by atoms with Gasteiger partial charge in [0.1, 0.15) is 0 Å². The van der Waals surface area contributed by atoms with Crippen molar-refractivity contribution in [2.45, 2.75) is 0 Å². The highest BCUT2D eigenvalue weighted by Gasteiger charge is 2.18. The first kappa shape index (κ1) is 26.3. The van der Waals surface area contributed by atoms with Gasteiger partial charge in [0.2, 0.25) is 0 Å². The Kier molecular flexibility index (Phi) is 5.78. The second-order valence-corrected chi connectivity index (χ2v) is 13.2. The van der Waals surface area contributed by atoms with Gasteiger partial charge >= 0.3 is 0 Å². The van der Waals surface area contributed by atoms with E-state index in [0.29, 0.717) is 0 Å². The Morgan fingerprint density at radius 3 is 1.60 bits per heavy atom. The number of hydrogen-bond donors (Lipinski definition) is 0. The molecule has 3 heterocycles. The van der Waals surface area contributed by atoms with Crippen LogP contribution >= 0.6 is 11.3 Å². The summed E-state index contributed by atoms with van der Waals surface area (Å²) in [5, 5.41) is 5.14. The van der Waals surface area contributed by atoms with Crippen LogP contribution in [-0.2, 0) is 0 Å². The van der Waals surface area contributed by atoms with Gasteiger partial charge < -0.3 is 9.13 Å². The highest BCUT2D eigenvalue weighted by atomic mass is 32.1. The summed E-state index contributed by atoms with van der Waals surface area (Å²) >= 11 is 1.89. The molecule has 10 aromatic rings. The van der Waals surface area contributed by atoms with E-state index in [2.05, 4.69) is 179 Å². The summed E-state index contributed by atoms with van der Waals surface area (Å²) in [6.45, 7) is 0. The zero-order valence-corrected chi connectivity index (χ0v) is 26.3. The minimum absolute atomic E-state index is 1.17. The molecule has 7 aromatic carbocycles. The van der Waals surface area contributed by atoms with Crippen molar-refractivity contribution in [2.24, 2.45) is 0 Å². The molecule has 0 spiro atoms. The number of benzene rings is 7. The van der Waals surface area contributed by atoms with Crippen LogP contribution in [0, 0.1) is 0 Å². The largest absolute Gasteiger partial charge is 0.309 e. The van der Waals surface area contributed by atoms with Crippen molar-refractivity contribution in [3.05, 3.63) is 170 Å². The maximum atomic E-state index is 2.44. The van der Waals surface area contributed by atoms with Crippen LogP contribution in [0.15, 0.2) is 170 Å². The molecule has 0 fully saturated rings. The predicted molar refractivity (Wildman–Crippen MR) is 201 cm³/mol. The van der Waals surface area contributed by atoms with Crippen LogP contribution in [0.1, 0.15) is 0 Å². The maximum absolute atomic E-state index is 2.44. The molecule has 0 saturated carbocycles. The first-order valence-corrected chi connectivity index (χ1v) is 16.8. The molecule has 0 aliphatic rings. The van der Waals surface area contributed by atoms with Gasteiger partial charge in [0.25, 0.3) is 0 Å². The smallest absolute Gasteiger partial charge is 0.0727 e. The molecule has 0 aliphatic carbocycles. The highest BCUT2D eigenvalue weighted by Crippen LogP contribution is 2.42. The SMILES string of the molecule is c1ccc(-c2ccc(-n3c4ccccc4c4cc(-c5ccc(-n6c7ccccc7c7sc8ccccc8c76)cc5)ccc43)cc2)cc1. The van der Waals surface area contributed by atoms with Crippen molar-refractivity contribution in [2.75, 3.05) is 0 Å². The number of nitrogens with zero attached hydrogens (tertiary/aromatic N) is 2. The molecule has 0 atom stereocenters. The van der Waals surface area contributed by atoms with Gasteiger partial charge in [-0.25, -0.2) is 0 Å². The van der Waals surface area contributed by atoms with Crippen molar-refractivity contribution in [3.8, 4) is 33.6 Å². The van der Waals surface area contributed by atoms with Crippen LogP contribution in [0.3, 0.4) is 0 Å². The molecule has 0 radical (unpaired) electrons. The minimum atomic E-state index is 1.17. The molecule has 2 nitrogen and oxygen atoms in total. The molecule has 0 bridgehead atoms. The Balaban J connectivity index is 1.08. The quantitative estimate of drug-likeness (QED) is 0.186. The van der Waals surface area contributed by atoms with E-state index >= 15 is 0 Å². The number of fused-ring (bicyclic) bond motifs is 8. The summed E-state index contributed by atoms with van der Waals surface area (Å²) in [6, 6.07) is 61.8. The van der Waals surface area contributed by atoms with Gasteiger partial charge in [0.05, 0.1) is 26.8 Å². The summed E-state index contributed by atoms with van der Waals surface area (Å²) in [4.78, 5) is 0. The molecule has 220 valence electrons. The highest BCUT2D eigenvalue weighted by molar-refractivity contribution is 7.26. The molecule has 0 saturated heterocycles. The van der Waals surface area contributed by atoms with E-state index in [1.165, 1.54) is 86.6 Å². The summed E-state index contributed by atoms with van der Waals surface area (Å²) in [5.74, 6) is 0. The van der Waals surface area contributed by atoms with Gasteiger partial charge in [-0.1, -0.05) is 115 Å². The molecule has 47 heavy (non-hydrogen) atoms. The lowest BCUT2D eigenvalue weighted by Crippen LogP contribution is -1.94. The van der Waals surface area contributed by atoms with Gasteiger partial charge in [-0.2, -0.15) is 0 Å². The van der Waals surface area contributed by atoms with Gasteiger partial charge in [-0.3, -0.25) is 0 Å². The van der Waals surface area contributed by atoms with Crippen LogP contribution in [-0.4, -0.2) is 9.13 Å². The number of thiophene rings is 1. The lowest BCUT2D eigenvalue weighted by molar-refractivity contribution is 1.18. The molecule has 0 aliphatic heterocycles. The molecule has 10 rings (SSSR count). The average Bonchev–Trinajstić information content (AvgIpc) is 3.79.